The van der Waals surface area contributed by atoms with Crippen LogP contribution < -0.4 is 5.32 Å². The minimum Gasteiger partial charge on any atom is -0.507 e. The largest absolute Gasteiger partial charge is 0.507 e. The Labute approximate surface area is 177 Å². The number of aromatic hydroxyl groups is 1. The number of carbonyl (C=O) groups is 1. The maximum atomic E-state index is 11.3. The lowest BCUT2D eigenvalue weighted by molar-refractivity contribution is 0.190. The number of amides is 1. The van der Waals surface area contributed by atoms with Gasteiger partial charge in [0.05, 0.1) is 5.01 Å². The van der Waals surface area contributed by atoms with Crippen LogP contribution in [0.4, 0.5) is 4.79 Å². The lowest BCUT2D eigenvalue weighted by atomic mass is 9.76. The third-order valence-corrected chi connectivity index (χ3v) is 6.74. The highest BCUT2D eigenvalue weighted by atomic mass is 32.1. The van der Waals surface area contributed by atoms with E-state index in [1.165, 1.54) is 0 Å². The molecule has 0 aliphatic heterocycles. The van der Waals surface area contributed by atoms with Crippen molar-refractivity contribution in [2.75, 3.05) is 0 Å². The molecule has 0 spiro atoms. The van der Waals surface area contributed by atoms with E-state index < -0.39 is 6.09 Å². The number of phenols is 1. The molecule has 3 atom stereocenters. The summed E-state index contributed by atoms with van der Waals surface area (Å²) in [6.07, 6.45) is 2.30. The first kappa shape index (κ1) is 21.6. The van der Waals surface area contributed by atoms with Gasteiger partial charge in [0.2, 0.25) is 0 Å². The number of nitrogens with zero attached hydrogens (tertiary/aromatic N) is 1. The predicted molar refractivity (Wildman–Crippen MR) is 117 cm³/mol. The molecule has 158 valence electrons. The normalized spacial score (nSPS) is 22.6. The number of hydrogen-bond acceptors (Lipinski definition) is 4. The predicted octanol–water partition coefficient (Wildman–Crippen LogP) is 5.74. The Morgan fingerprint density at radius 3 is 2.07 bits per heavy atom. The minimum atomic E-state index is -0.981. The summed E-state index contributed by atoms with van der Waals surface area (Å²) in [5.74, 6) is 0.690. The summed E-state index contributed by atoms with van der Waals surface area (Å²) in [5.41, 5.74) is 2.63. The van der Waals surface area contributed by atoms with Crippen LogP contribution in [0.5, 0.6) is 5.75 Å². The quantitative estimate of drug-likeness (QED) is 0.596. The number of phenolic OH excluding ortho intramolecular Hbond substituents is 1. The number of nitrogens with one attached hydrogen (secondary N) is 1. The van der Waals surface area contributed by atoms with E-state index in [1.54, 1.807) is 11.3 Å². The second-order valence-electron chi connectivity index (χ2n) is 10.2. The molecule has 3 unspecified atom stereocenters. The van der Waals surface area contributed by atoms with Gasteiger partial charge in [-0.3, -0.25) is 0 Å². The monoisotopic (exact) mass is 416 g/mol. The molecule has 29 heavy (non-hydrogen) atoms. The van der Waals surface area contributed by atoms with Gasteiger partial charge in [-0.2, -0.15) is 0 Å². The molecule has 1 fully saturated rings. The van der Waals surface area contributed by atoms with Crippen molar-refractivity contribution in [1.82, 2.24) is 10.3 Å². The minimum absolute atomic E-state index is 0.101. The van der Waals surface area contributed by atoms with Crippen LogP contribution in [-0.2, 0) is 10.8 Å². The molecule has 1 aromatic carbocycles. The van der Waals surface area contributed by atoms with Crippen LogP contribution in [0.15, 0.2) is 23.7 Å². The van der Waals surface area contributed by atoms with Gasteiger partial charge in [0.15, 0.2) is 0 Å². The molecule has 1 saturated carbocycles. The molecular weight excluding hydrogens is 384 g/mol. The standard InChI is InChI=1S/C23H32N2O3S/c1-22(2,3)17-9-13(10-18(19(17)26)23(4,5)6)15-11-14(25-21(27)28)12-16(15)20-24-7-8-29-20/h7-10,14-16,25-26H,11-12H2,1-6H3,(H,27,28). The fourth-order valence-corrected chi connectivity index (χ4v) is 5.22. The molecule has 0 radical (unpaired) electrons. The average Bonchev–Trinajstić information content (AvgIpc) is 3.21. The molecule has 3 rings (SSSR count). The number of aromatic nitrogens is 1. The SMILES string of the molecule is CC(C)(C)c1cc(C2CC(NC(=O)O)CC2c2nccs2)cc(C(C)(C)C)c1O. The number of thiazole rings is 1. The van der Waals surface area contributed by atoms with Crippen molar-refractivity contribution in [2.24, 2.45) is 0 Å². The molecule has 1 aliphatic carbocycles. The smallest absolute Gasteiger partial charge is 0.404 e. The zero-order valence-corrected chi connectivity index (χ0v) is 18.9. The van der Waals surface area contributed by atoms with Gasteiger partial charge >= 0.3 is 6.09 Å². The van der Waals surface area contributed by atoms with E-state index in [2.05, 4.69) is 64.0 Å². The van der Waals surface area contributed by atoms with Crippen LogP contribution in [0.25, 0.3) is 0 Å². The van der Waals surface area contributed by atoms with Crippen molar-refractivity contribution in [3.05, 3.63) is 45.4 Å². The Kier molecular flexibility index (Phi) is 5.69. The third kappa shape index (κ3) is 4.58. The molecular formula is C23H32N2O3S. The lowest BCUT2D eigenvalue weighted by Gasteiger charge is -2.30. The summed E-state index contributed by atoms with van der Waals surface area (Å²) in [6.45, 7) is 12.7. The van der Waals surface area contributed by atoms with Crippen molar-refractivity contribution in [3.8, 4) is 5.75 Å². The maximum absolute atomic E-state index is 11.3. The van der Waals surface area contributed by atoms with Crippen molar-refractivity contribution in [3.63, 3.8) is 0 Å². The van der Waals surface area contributed by atoms with E-state index in [0.717, 1.165) is 34.5 Å². The summed E-state index contributed by atoms with van der Waals surface area (Å²) in [5, 5.41) is 26.0. The van der Waals surface area contributed by atoms with E-state index in [1.807, 2.05) is 11.6 Å². The van der Waals surface area contributed by atoms with Crippen LogP contribution in [0.3, 0.4) is 0 Å². The Bertz CT molecular complexity index is 844. The first-order valence-electron chi connectivity index (χ1n) is 10.1. The molecule has 6 heteroatoms. The molecule has 0 bridgehead atoms. The molecule has 3 N–H and O–H groups in total. The van der Waals surface area contributed by atoms with Gasteiger partial charge in [0, 0.05) is 23.5 Å². The highest BCUT2D eigenvalue weighted by Gasteiger charge is 2.39. The van der Waals surface area contributed by atoms with Gasteiger partial charge in [-0.05, 0) is 46.3 Å². The van der Waals surface area contributed by atoms with Crippen LogP contribution in [0, 0.1) is 0 Å². The Balaban J connectivity index is 2.12. The van der Waals surface area contributed by atoms with E-state index >= 15 is 0 Å². The molecule has 1 heterocycles. The first-order chi connectivity index (χ1) is 13.4. The first-order valence-corrected chi connectivity index (χ1v) is 11.0. The summed E-state index contributed by atoms with van der Waals surface area (Å²) in [4.78, 5) is 15.8. The molecule has 0 saturated heterocycles. The Hall–Kier alpha value is -2.08. The van der Waals surface area contributed by atoms with Crippen LogP contribution in [0.1, 0.15) is 87.9 Å². The van der Waals surface area contributed by atoms with Crippen molar-refractivity contribution < 1.29 is 15.0 Å². The molecule has 1 aliphatic rings. The van der Waals surface area contributed by atoms with Gasteiger partial charge in [-0.1, -0.05) is 53.7 Å². The molecule has 5 nitrogen and oxygen atoms in total. The zero-order valence-electron chi connectivity index (χ0n) is 18.1. The van der Waals surface area contributed by atoms with Crippen molar-refractivity contribution in [1.29, 1.82) is 0 Å². The summed E-state index contributed by atoms with van der Waals surface area (Å²) >= 11 is 1.63. The summed E-state index contributed by atoms with van der Waals surface area (Å²) in [7, 11) is 0. The van der Waals surface area contributed by atoms with Crippen molar-refractivity contribution >= 4 is 17.4 Å². The lowest BCUT2D eigenvalue weighted by Crippen LogP contribution is -2.31. The number of rotatable bonds is 3. The Morgan fingerprint density at radius 2 is 1.62 bits per heavy atom. The fraction of sp³-hybridized carbons (Fsp3) is 0.565. The van der Waals surface area contributed by atoms with Crippen LogP contribution in [0.2, 0.25) is 0 Å². The number of carboxylic acid groups (broad SMARTS) is 1. The van der Waals surface area contributed by atoms with Gasteiger partial charge in [-0.15, -0.1) is 11.3 Å². The topological polar surface area (TPSA) is 82.5 Å². The molecule has 1 aromatic heterocycles. The Morgan fingerprint density at radius 1 is 1.07 bits per heavy atom. The van der Waals surface area contributed by atoms with E-state index in [0.29, 0.717) is 5.75 Å². The van der Waals surface area contributed by atoms with Crippen LogP contribution in [-0.4, -0.2) is 27.3 Å². The van der Waals surface area contributed by atoms with Gasteiger partial charge in [0.25, 0.3) is 0 Å². The second-order valence-corrected chi connectivity index (χ2v) is 11.1. The highest BCUT2D eigenvalue weighted by Crippen LogP contribution is 2.49. The number of benzene rings is 1. The van der Waals surface area contributed by atoms with Crippen molar-refractivity contribution in [2.45, 2.75) is 83.1 Å². The molecule has 2 aromatic rings. The second kappa shape index (κ2) is 7.63. The summed E-state index contributed by atoms with van der Waals surface area (Å²) in [6, 6.07) is 4.15. The van der Waals surface area contributed by atoms with E-state index in [4.69, 9.17) is 0 Å². The van der Waals surface area contributed by atoms with Crippen LogP contribution >= 0.6 is 11.3 Å². The van der Waals surface area contributed by atoms with E-state index in [9.17, 15) is 15.0 Å². The highest BCUT2D eigenvalue weighted by molar-refractivity contribution is 7.09. The zero-order chi connectivity index (χ0) is 21.6. The van der Waals surface area contributed by atoms with Gasteiger partial charge in [0.1, 0.15) is 5.75 Å². The average molecular weight is 417 g/mol. The van der Waals surface area contributed by atoms with Gasteiger partial charge in [-0.25, -0.2) is 9.78 Å². The maximum Gasteiger partial charge on any atom is 0.404 e. The van der Waals surface area contributed by atoms with Gasteiger partial charge < -0.3 is 15.5 Å². The summed E-state index contributed by atoms with van der Waals surface area (Å²) < 4.78 is 0. The van der Waals surface area contributed by atoms with E-state index in [-0.39, 0.29) is 28.7 Å². The fourth-order valence-electron chi connectivity index (χ4n) is 4.40. The number of hydrogen-bond donors (Lipinski definition) is 3. The molecule has 1 amide bonds. The third-order valence-electron chi connectivity index (χ3n) is 5.84.